The normalized spacial score (nSPS) is 22.8. The van der Waals surface area contributed by atoms with Crippen molar-refractivity contribution in [2.24, 2.45) is 0 Å². The van der Waals surface area contributed by atoms with Gasteiger partial charge in [-0.15, -0.1) is 16.9 Å². The average molecular weight is 440 g/mol. The molecule has 1 aromatic rings. The third kappa shape index (κ3) is 4.24. The Balaban J connectivity index is 1.91. The predicted molar refractivity (Wildman–Crippen MR) is 94.8 cm³/mol. The highest BCUT2D eigenvalue weighted by Crippen LogP contribution is 2.49. The number of hydrogen-bond donors (Lipinski definition) is 3. The monoisotopic (exact) mass is 440 g/mol. The number of carboxylic acid groups (broad SMARTS) is 2. The highest BCUT2D eigenvalue weighted by molar-refractivity contribution is 8.01. The van der Waals surface area contributed by atoms with Gasteiger partial charge in [-0.1, -0.05) is 0 Å². The Morgan fingerprint density at radius 2 is 2.07 bits per heavy atom. The second kappa shape index (κ2) is 8.10. The lowest BCUT2D eigenvalue weighted by atomic mass is 10.1. The van der Waals surface area contributed by atoms with Crippen molar-refractivity contribution >= 4 is 41.5 Å². The number of carbonyl (C=O) groups is 5. The highest BCUT2D eigenvalue weighted by Gasteiger charge is 2.55. The first-order chi connectivity index (χ1) is 14.1. The lowest BCUT2D eigenvalue weighted by Crippen LogP contribution is -2.61. The minimum absolute atomic E-state index is 0.0418. The molecule has 30 heavy (non-hydrogen) atoms. The van der Waals surface area contributed by atoms with Gasteiger partial charge in [0, 0.05) is 0 Å². The molecule has 2 atom stereocenters. The molecule has 3 heterocycles. The molecular weight excluding hydrogens is 424 g/mol. The molecular formula is C15H16N6O8S. The molecule has 14 nitrogen and oxygen atoms in total. The molecule has 1 saturated heterocycles. The number of carboxylic acids is 2. The van der Waals surface area contributed by atoms with E-state index < -0.39 is 64.3 Å². The van der Waals surface area contributed by atoms with Crippen LogP contribution >= 0.6 is 11.8 Å². The van der Waals surface area contributed by atoms with E-state index in [0.717, 1.165) is 21.3 Å². The van der Waals surface area contributed by atoms with Crippen LogP contribution in [0.4, 0.5) is 0 Å². The topological polar surface area (TPSA) is 194 Å². The molecule has 160 valence electrons. The summed E-state index contributed by atoms with van der Waals surface area (Å²) in [5.74, 6) is -5.35. The second-order valence-corrected chi connectivity index (χ2v) is 8.08. The van der Waals surface area contributed by atoms with E-state index in [0.29, 0.717) is 0 Å². The number of nitrogens with one attached hydrogen (secondary N) is 1. The molecule has 1 fully saturated rings. The average Bonchev–Trinajstić information content (AvgIpc) is 3.14. The number of β-lactam (4-membered cyclic amide) rings is 1. The maximum Gasteiger partial charge on any atom is 0.356 e. The van der Waals surface area contributed by atoms with Crippen LogP contribution in [0.3, 0.4) is 0 Å². The molecule has 0 spiro atoms. The van der Waals surface area contributed by atoms with Crippen LogP contribution in [0.25, 0.3) is 0 Å². The van der Waals surface area contributed by atoms with Gasteiger partial charge in [-0.05, 0) is 17.4 Å². The predicted octanol–water partition coefficient (Wildman–Crippen LogP) is -1.49. The number of aromatic nitrogens is 4. The summed E-state index contributed by atoms with van der Waals surface area (Å²) in [7, 11) is 0. The van der Waals surface area contributed by atoms with E-state index in [1.807, 2.05) is 0 Å². The van der Waals surface area contributed by atoms with Gasteiger partial charge in [0.25, 0.3) is 0 Å². The highest BCUT2D eigenvalue weighted by atomic mass is 32.2. The first kappa shape index (κ1) is 21.2. The van der Waals surface area contributed by atoms with E-state index in [1.54, 1.807) is 0 Å². The molecule has 0 saturated carbocycles. The quantitative estimate of drug-likeness (QED) is 0.314. The number of tetrazole rings is 1. The number of esters is 1. The van der Waals surface area contributed by atoms with Crippen molar-refractivity contribution in [1.82, 2.24) is 30.4 Å². The zero-order valence-electron chi connectivity index (χ0n) is 15.5. The fraction of sp³-hybridized carbons (Fsp3) is 0.467. The Hall–Kier alpha value is -3.49. The van der Waals surface area contributed by atoms with Crippen molar-refractivity contribution in [3.8, 4) is 0 Å². The molecule has 0 bridgehead atoms. The molecule has 2 amide bonds. The summed E-state index contributed by atoms with van der Waals surface area (Å²) in [6.45, 7) is 1.14. The molecule has 15 heteroatoms. The van der Waals surface area contributed by atoms with Gasteiger partial charge in [0.1, 0.15) is 17.7 Å². The van der Waals surface area contributed by atoms with Gasteiger partial charge in [-0.2, -0.15) is 0 Å². The number of rotatable bonds is 8. The van der Waals surface area contributed by atoms with Crippen molar-refractivity contribution in [2.45, 2.75) is 43.0 Å². The van der Waals surface area contributed by atoms with Gasteiger partial charge in [0.2, 0.25) is 11.8 Å². The fourth-order valence-corrected chi connectivity index (χ4v) is 4.44. The molecule has 0 radical (unpaired) electrons. The van der Waals surface area contributed by atoms with Crippen LogP contribution in [0.15, 0.2) is 17.8 Å². The number of carbonyl (C=O) groups excluding carboxylic acids is 3. The van der Waals surface area contributed by atoms with Crippen LogP contribution in [0, 0.1) is 0 Å². The third-order valence-electron chi connectivity index (χ3n) is 4.20. The van der Waals surface area contributed by atoms with E-state index in [2.05, 4.69) is 20.8 Å². The van der Waals surface area contributed by atoms with E-state index >= 15 is 0 Å². The van der Waals surface area contributed by atoms with Gasteiger partial charge >= 0.3 is 17.9 Å². The Morgan fingerprint density at radius 1 is 1.33 bits per heavy atom. The summed E-state index contributed by atoms with van der Waals surface area (Å²) in [5.41, 5.74) is -0.580. The minimum atomic E-state index is -1.53. The zero-order valence-corrected chi connectivity index (χ0v) is 16.3. The van der Waals surface area contributed by atoms with Crippen molar-refractivity contribution in [2.75, 3.05) is 0 Å². The van der Waals surface area contributed by atoms with Crippen LogP contribution in [-0.2, 0) is 35.3 Å². The molecule has 1 aromatic heterocycles. The van der Waals surface area contributed by atoms with Crippen LogP contribution in [0.1, 0.15) is 26.2 Å². The third-order valence-corrected chi connectivity index (χ3v) is 5.61. The van der Waals surface area contributed by atoms with Gasteiger partial charge in [-0.3, -0.25) is 24.1 Å². The Kier molecular flexibility index (Phi) is 5.73. The zero-order chi connectivity index (χ0) is 22.1. The second-order valence-electron chi connectivity index (χ2n) is 6.48. The van der Waals surface area contributed by atoms with E-state index in [1.165, 1.54) is 13.3 Å². The van der Waals surface area contributed by atoms with Crippen molar-refractivity contribution in [3.63, 3.8) is 0 Å². The number of fused-ring (bicyclic) bond motifs is 1. The molecule has 1 unspecified atom stereocenters. The first-order valence-corrected chi connectivity index (χ1v) is 9.41. The van der Waals surface area contributed by atoms with Crippen molar-refractivity contribution < 1.29 is 38.9 Å². The Morgan fingerprint density at radius 3 is 2.63 bits per heavy atom. The molecule has 3 rings (SSSR count). The summed E-state index contributed by atoms with van der Waals surface area (Å²) < 4.78 is 6.32. The summed E-state index contributed by atoms with van der Waals surface area (Å²) in [6, 6.07) is 0. The fourth-order valence-electron chi connectivity index (χ4n) is 2.92. The summed E-state index contributed by atoms with van der Waals surface area (Å²) in [5, 5.41) is 30.8. The Bertz CT molecular complexity index is 947. The lowest BCUT2D eigenvalue weighted by molar-refractivity contribution is -0.150. The maximum atomic E-state index is 12.5. The van der Waals surface area contributed by atoms with Gasteiger partial charge in [-0.25, -0.2) is 9.48 Å². The molecule has 3 N–H and O–H groups in total. The van der Waals surface area contributed by atoms with Crippen LogP contribution in [0.2, 0.25) is 0 Å². The molecule has 0 aliphatic carbocycles. The van der Waals surface area contributed by atoms with Crippen LogP contribution in [-0.4, -0.2) is 75.3 Å². The molecule has 2 aliphatic rings. The SMILES string of the molecule is CC1(NC(=O)Cn2cnnn2)S[C@@H]2CC(=O)N2C(C(=O)O)=C1OC(=O)CCC(=O)O. The lowest BCUT2D eigenvalue weighted by Gasteiger charge is -2.49. The number of aliphatic carboxylic acids is 2. The van der Waals surface area contributed by atoms with Crippen LogP contribution < -0.4 is 5.32 Å². The van der Waals surface area contributed by atoms with Gasteiger partial charge in [0.15, 0.2) is 11.5 Å². The van der Waals surface area contributed by atoms with Crippen molar-refractivity contribution in [1.29, 1.82) is 0 Å². The number of nitrogens with zero attached hydrogens (tertiary/aromatic N) is 5. The van der Waals surface area contributed by atoms with Gasteiger partial charge < -0.3 is 20.3 Å². The summed E-state index contributed by atoms with van der Waals surface area (Å²) >= 11 is 1.02. The summed E-state index contributed by atoms with van der Waals surface area (Å²) in [4.78, 5) is 58.6. The van der Waals surface area contributed by atoms with E-state index in [4.69, 9.17) is 9.84 Å². The molecule has 2 aliphatic heterocycles. The number of amides is 2. The molecule has 0 aromatic carbocycles. The van der Waals surface area contributed by atoms with E-state index in [9.17, 15) is 29.1 Å². The van der Waals surface area contributed by atoms with Gasteiger partial charge in [0.05, 0.1) is 24.6 Å². The standard InChI is InChI=1S/C15H16N6O8S/c1-15(17-7(22)5-20-6-16-18-19-20)13(29-11(26)3-2-10(24)25)12(14(27)28)21-8(23)4-9(21)30-15/h6,9H,2-5H2,1H3,(H,17,22)(H,24,25)(H,27,28)/t9-,15?/m1/s1. The Labute approximate surface area is 172 Å². The van der Waals surface area contributed by atoms with Crippen LogP contribution in [0.5, 0.6) is 0 Å². The minimum Gasteiger partial charge on any atom is -0.481 e. The van der Waals surface area contributed by atoms with Crippen molar-refractivity contribution in [3.05, 3.63) is 17.8 Å². The summed E-state index contributed by atoms with van der Waals surface area (Å²) in [6.07, 6.45) is 0.186. The maximum absolute atomic E-state index is 12.5. The number of hydrogen-bond acceptors (Lipinski definition) is 10. The van der Waals surface area contributed by atoms with E-state index in [-0.39, 0.29) is 13.0 Å². The smallest absolute Gasteiger partial charge is 0.356 e. The number of thioether (sulfide) groups is 1. The number of ether oxygens (including phenoxy) is 1. The largest absolute Gasteiger partial charge is 0.481 e. The first-order valence-electron chi connectivity index (χ1n) is 8.53.